The molecule has 4 nitrogen and oxygen atoms in total. The number of nitrogens with one attached hydrogen (secondary N) is 1. The second-order valence-electron chi connectivity index (χ2n) is 9.63. The molecule has 0 unspecified atom stereocenters. The van der Waals surface area contributed by atoms with Crippen molar-refractivity contribution in [1.82, 2.24) is 0 Å². The molecule has 0 spiro atoms. The van der Waals surface area contributed by atoms with Crippen molar-refractivity contribution in [3.05, 3.63) is 64.2 Å². The molecule has 2 rings (SSSR count). The Morgan fingerprint density at radius 3 is 1.91 bits per heavy atom. The molecule has 7 heteroatoms. The average Bonchev–Trinajstić information content (AvgIpc) is 2.64. The Morgan fingerprint density at radius 2 is 1.47 bits per heavy atom. The molecule has 2 aromatic carbocycles. The molecule has 0 atom stereocenters. The summed E-state index contributed by atoms with van der Waals surface area (Å²) in [5, 5.41) is 22.5. The van der Waals surface area contributed by atoms with Gasteiger partial charge in [-0.2, -0.15) is 18.4 Å². The molecule has 0 saturated heterocycles. The number of nitriles is 1. The third-order valence-corrected chi connectivity index (χ3v) is 4.91. The molecular weight excluding hydrogens is 417 g/mol. The highest BCUT2D eigenvalue weighted by molar-refractivity contribution is 6.10. The first-order valence-corrected chi connectivity index (χ1v) is 10.0. The summed E-state index contributed by atoms with van der Waals surface area (Å²) in [6, 6.07) is 9.70. The summed E-state index contributed by atoms with van der Waals surface area (Å²) < 4.78 is 39.7. The molecule has 0 fully saturated rings. The van der Waals surface area contributed by atoms with E-state index >= 15 is 0 Å². The van der Waals surface area contributed by atoms with Crippen LogP contribution in [0.25, 0.3) is 6.08 Å². The summed E-state index contributed by atoms with van der Waals surface area (Å²) in [7, 11) is 0. The van der Waals surface area contributed by atoms with Crippen LogP contribution >= 0.6 is 0 Å². The molecule has 0 aliphatic carbocycles. The lowest BCUT2D eigenvalue weighted by Crippen LogP contribution is -2.18. The molecule has 0 radical (unpaired) electrons. The van der Waals surface area contributed by atoms with Crippen molar-refractivity contribution < 1.29 is 23.1 Å². The Labute approximate surface area is 186 Å². The number of halogens is 3. The van der Waals surface area contributed by atoms with Gasteiger partial charge in [-0.1, -0.05) is 53.7 Å². The number of carbonyl (C=O) groups excluding carboxylic acids is 1. The van der Waals surface area contributed by atoms with Gasteiger partial charge in [0.15, 0.2) is 0 Å². The minimum atomic E-state index is -4.65. The predicted molar refractivity (Wildman–Crippen MR) is 119 cm³/mol. The number of nitrogens with zero attached hydrogens (tertiary/aromatic N) is 1. The first kappa shape index (κ1) is 25.0. The monoisotopic (exact) mass is 444 g/mol. The summed E-state index contributed by atoms with van der Waals surface area (Å²) >= 11 is 0. The number of phenols is 1. The summed E-state index contributed by atoms with van der Waals surface area (Å²) in [4.78, 5) is 12.6. The van der Waals surface area contributed by atoms with Crippen molar-refractivity contribution in [2.45, 2.75) is 58.5 Å². The third kappa shape index (κ3) is 5.70. The topological polar surface area (TPSA) is 73.1 Å². The van der Waals surface area contributed by atoms with E-state index in [0.717, 1.165) is 12.1 Å². The van der Waals surface area contributed by atoms with Gasteiger partial charge in [0, 0.05) is 11.1 Å². The first-order valence-electron chi connectivity index (χ1n) is 10.0. The number of rotatable bonds is 3. The van der Waals surface area contributed by atoms with E-state index in [1.54, 1.807) is 18.2 Å². The summed E-state index contributed by atoms with van der Waals surface area (Å²) in [6.45, 7) is 11.5. The Morgan fingerprint density at radius 1 is 0.969 bits per heavy atom. The highest BCUT2D eigenvalue weighted by Crippen LogP contribution is 2.40. The van der Waals surface area contributed by atoms with Crippen LogP contribution in [0.3, 0.4) is 0 Å². The minimum absolute atomic E-state index is 0.143. The molecule has 0 aromatic heterocycles. The molecule has 1 amide bonds. The van der Waals surface area contributed by atoms with E-state index in [2.05, 4.69) is 5.32 Å². The van der Waals surface area contributed by atoms with E-state index in [1.165, 1.54) is 18.2 Å². The van der Waals surface area contributed by atoms with Crippen molar-refractivity contribution in [1.29, 1.82) is 5.26 Å². The fourth-order valence-electron chi connectivity index (χ4n) is 3.23. The highest BCUT2D eigenvalue weighted by Gasteiger charge is 2.34. The maximum atomic E-state index is 13.2. The normalized spacial score (nSPS) is 12.9. The zero-order valence-electron chi connectivity index (χ0n) is 19.0. The van der Waals surface area contributed by atoms with Crippen LogP contribution in [0.15, 0.2) is 42.0 Å². The third-order valence-electron chi connectivity index (χ3n) is 4.91. The van der Waals surface area contributed by atoms with E-state index in [9.17, 15) is 28.3 Å². The maximum Gasteiger partial charge on any atom is 0.418 e. The van der Waals surface area contributed by atoms with Crippen LogP contribution in [-0.4, -0.2) is 11.0 Å². The summed E-state index contributed by atoms with van der Waals surface area (Å²) in [5.74, 6) is -0.809. The van der Waals surface area contributed by atoms with Gasteiger partial charge in [-0.25, -0.2) is 0 Å². The second-order valence-corrected chi connectivity index (χ2v) is 9.63. The average molecular weight is 444 g/mol. The lowest BCUT2D eigenvalue weighted by molar-refractivity contribution is -0.137. The molecule has 0 aliphatic heterocycles. The standard InChI is InChI=1S/C25H27F3N2O2/c1-23(2,3)18-12-15(13-19(21(18)31)24(4,5)6)11-16(14-29)22(32)30-20-10-8-7-9-17(20)25(26,27)28/h7-13,31H,1-6H3,(H,30,32). The van der Waals surface area contributed by atoms with E-state index in [4.69, 9.17) is 0 Å². The van der Waals surface area contributed by atoms with Gasteiger partial charge < -0.3 is 10.4 Å². The number of carbonyl (C=O) groups is 1. The Balaban J connectivity index is 2.55. The zero-order valence-corrected chi connectivity index (χ0v) is 19.0. The fourth-order valence-corrected chi connectivity index (χ4v) is 3.23. The van der Waals surface area contributed by atoms with Crippen molar-refractivity contribution in [3.8, 4) is 11.8 Å². The van der Waals surface area contributed by atoms with Crippen molar-refractivity contribution in [2.75, 3.05) is 5.32 Å². The summed E-state index contributed by atoms with van der Waals surface area (Å²) in [6.07, 6.45) is -3.34. The SMILES string of the molecule is CC(C)(C)c1cc(C=C(C#N)C(=O)Nc2ccccc2C(F)(F)F)cc(C(C)(C)C)c1O. The van der Waals surface area contributed by atoms with Crippen molar-refractivity contribution in [3.63, 3.8) is 0 Å². The molecule has 0 saturated carbocycles. The number of hydrogen-bond donors (Lipinski definition) is 2. The number of phenolic OH excluding ortho intramolecular Hbond substituents is 1. The van der Waals surface area contributed by atoms with Crippen LogP contribution in [0.2, 0.25) is 0 Å². The van der Waals surface area contributed by atoms with Crippen LogP contribution in [0.5, 0.6) is 5.75 Å². The lowest BCUT2D eigenvalue weighted by Gasteiger charge is -2.28. The number of amides is 1. The van der Waals surface area contributed by atoms with Gasteiger partial charge >= 0.3 is 6.18 Å². The number of para-hydroxylation sites is 1. The Kier molecular flexibility index (Phi) is 6.79. The molecule has 2 N–H and O–H groups in total. The van der Waals surface area contributed by atoms with Gasteiger partial charge in [-0.05, 0) is 46.7 Å². The largest absolute Gasteiger partial charge is 0.507 e. The molecule has 170 valence electrons. The summed E-state index contributed by atoms with van der Waals surface area (Å²) in [5.41, 5.74) is -0.861. The minimum Gasteiger partial charge on any atom is -0.507 e. The van der Waals surface area contributed by atoms with Crippen molar-refractivity contribution >= 4 is 17.7 Å². The predicted octanol–water partition coefficient (Wildman–Crippen LogP) is 6.55. The maximum absolute atomic E-state index is 13.2. The Hall–Kier alpha value is -3.27. The van der Waals surface area contributed by atoms with Crippen LogP contribution in [0.1, 0.15) is 63.8 Å². The quantitative estimate of drug-likeness (QED) is 0.416. The number of alkyl halides is 3. The van der Waals surface area contributed by atoms with E-state index in [-0.39, 0.29) is 11.3 Å². The number of anilines is 1. The van der Waals surface area contributed by atoms with E-state index < -0.39 is 34.2 Å². The highest BCUT2D eigenvalue weighted by atomic mass is 19.4. The van der Waals surface area contributed by atoms with Gasteiger partial charge in [-0.15, -0.1) is 0 Å². The fraction of sp³-hybridized carbons (Fsp3) is 0.360. The van der Waals surface area contributed by atoms with Gasteiger partial charge in [0.1, 0.15) is 17.4 Å². The molecule has 2 aromatic rings. The Bertz CT molecular complexity index is 1060. The van der Waals surface area contributed by atoms with E-state index in [0.29, 0.717) is 16.7 Å². The molecule has 0 heterocycles. The second kappa shape index (κ2) is 8.70. The first-order chi connectivity index (χ1) is 14.6. The molecule has 0 aliphatic rings. The van der Waals surface area contributed by atoms with Gasteiger partial charge in [0.05, 0.1) is 11.3 Å². The smallest absolute Gasteiger partial charge is 0.418 e. The van der Waals surface area contributed by atoms with E-state index in [1.807, 2.05) is 41.5 Å². The molecule has 0 bridgehead atoms. The molecular formula is C25H27F3N2O2. The zero-order chi connectivity index (χ0) is 24.5. The lowest BCUT2D eigenvalue weighted by atomic mass is 9.78. The van der Waals surface area contributed by atoms with Gasteiger partial charge in [-0.3, -0.25) is 4.79 Å². The number of hydrogen-bond acceptors (Lipinski definition) is 3. The molecule has 32 heavy (non-hydrogen) atoms. The van der Waals surface area contributed by atoms with Gasteiger partial charge in [0.2, 0.25) is 0 Å². The van der Waals surface area contributed by atoms with Crippen LogP contribution in [0.4, 0.5) is 18.9 Å². The van der Waals surface area contributed by atoms with Crippen molar-refractivity contribution in [2.24, 2.45) is 0 Å². The number of benzene rings is 2. The number of aromatic hydroxyl groups is 1. The van der Waals surface area contributed by atoms with Crippen LogP contribution in [0, 0.1) is 11.3 Å². The van der Waals surface area contributed by atoms with Crippen LogP contribution in [-0.2, 0) is 21.8 Å². The van der Waals surface area contributed by atoms with Gasteiger partial charge in [0.25, 0.3) is 5.91 Å². The van der Waals surface area contributed by atoms with Crippen LogP contribution < -0.4 is 5.32 Å².